The molecule has 17 heavy (non-hydrogen) atoms. The Labute approximate surface area is 103 Å². The molecule has 0 fully saturated rings. The van der Waals surface area contributed by atoms with Gasteiger partial charge in [0.2, 0.25) is 5.95 Å². The lowest BCUT2D eigenvalue weighted by Gasteiger charge is -2.23. The quantitative estimate of drug-likeness (QED) is 0.772. The van der Waals surface area contributed by atoms with Crippen molar-refractivity contribution in [1.82, 2.24) is 9.97 Å². The van der Waals surface area contributed by atoms with E-state index in [9.17, 15) is 0 Å². The summed E-state index contributed by atoms with van der Waals surface area (Å²) in [5.74, 6) is 1.55. The highest BCUT2D eigenvalue weighted by molar-refractivity contribution is 5.43. The van der Waals surface area contributed by atoms with Crippen LogP contribution in [0.4, 0.5) is 11.8 Å². The fourth-order valence-corrected chi connectivity index (χ4v) is 1.49. The van der Waals surface area contributed by atoms with E-state index < -0.39 is 0 Å². The predicted octanol–water partition coefficient (Wildman–Crippen LogP) is 1.53. The van der Waals surface area contributed by atoms with Crippen LogP contribution in [0.5, 0.6) is 0 Å². The van der Waals surface area contributed by atoms with Crippen LogP contribution in [-0.4, -0.2) is 37.2 Å². The van der Waals surface area contributed by atoms with Gasteiger partial charge < -0.3 is 9.80 Å². The van der Waals surface area contributed by atoms with E-state index in [1.54, 1.807) is 6.20 Å². The monoisotopic (exact) mass is 233 g/mol. The number of rotatable bonds is 5. The summed E-state index contributed by atoms with van der Waals surface area (Å²) in [6, 6.07) is 4.12. The summed E-state index contributed by atoms with van der Waals surface area (Å²) >= 11 is 0. The van der Waals surface area contributed by atoms with Gasteiger partial charge >= 0.3 is 0 Å². The van der Waals surface area contributed by atoms with Crippen LogP contribution >= 0.6 is 0 Å². The maximum atomic E-state index is 8.85. The van der Waals surface area contributed by atoms with E-state index in [1.165, 1.54) is 0 Å². The maximum absolute atomic E-state index is 8.85. The second kappa shape index (κ2) is 6.04. The minimum Gasteiger partial charge on any atom is -0.355 e. The van der Waals surface area contributed by atoms with Crippen LogP contribution in [0.15, 0.2) is 12.3 Å². The lowest BCUT2D eigenvalue weighted by atomic mass is 10.2. The van der Waals surface area contributed by atoms with Gasteiger partial charge in [-0.15, -0.1) is 0 Å². The number of anilines is 2. The van der Waals surface area contributed by atoms with E-state index in [1.807, 2.05) is 32.0 Å². The molecule has 1 rings (SSSR count). The second-order valence-electron chi connectivity index (χ2n) is 4.18. The SMILES string of the molecule is CCN(CC(C)C#N)c1ccnc(N(C)C)n1. The number of hydrogen-bond acceptors (Lipinski definition) is 5. The first-order valence-electron chi connectivity index (χ1n) is 5.73. The Morgan fingerprint density at radius 1 is 1.47 bits per heavy atom. The van der Waals surface area contributed by atoms with Crippen molar-refractivity contribution in [3.05, 3.63) is 12.3 Å². The Morgan fingerprint density at radius 2 is 2.18 bits per heavy atom. The van der Waals surface area contributed by atoms with Crippen LogP contribution in [0.2, 0.25) is 0 Å². The summed E-state index contributed by atoms with van der Waals surface area (Å²) < 4.78 is 0. The van der Waals surface area contributed by atoms with Gasteiger partial charge in [0.25, 0.3) is 0 Å². The summed E-state index contributed by atoms with van der Waals surface area (Å²) in [5.41, 5.74) is 0. The summed E-state index contributed by atoms with van der Waals surface area (Å²) in [6.45, 7) is 5.49. The molecule has 92 valence electrons. The molecule has 0 radical (unpaired) electrons. The highest BCUT2D eigenvalue weighted by atomic mass is 15.3. The number of nitrogens with zero attached hydrogens (tertiary/aromatic N) is 5. The van der Waals surface area contributed by atoms with Gasteiger partial charge in [-0.3, -0.25) is 0 Å². The first kappa shape index (κ1) is 13.2. The largest absolute Gasteiger partial charge is 0.355 e. The standard InChI is InChI=1S/C12H19N5/c1-5-17(9-10(2)8-13)11-6-7-14-12(15-11)16(3)4/h6-7,10H,5,9H2,1-4H3. The van der Waals surface area contributed by atoms with Gasteiger partial charge in [-0.2, -0.15) is 10.2 Å². The summed E-state index contributed by atoms with van der Waals surface area (Å²) in [7, 11) is 3.82. The third-order valence-electron chi connectivity index (χ3n) is 2.45. The minimum absolute atomic E-state index is 0.00674. The number of aromatic nitrogens is 2. The molecule has 1 aromatic heterocycles. The van der Waals surface area contributed by atoms with Crippen molar-refractivity contribution in [2.45, 2.75) is 13.8 Å². The van der Waals surface area contributed by atoms with Crippen molar-refractivity contribution in [1.29, 1.82) is 5.26 Å². The van der Waals surface area contributed by atoms with Crippen molar-refractivity contribution in [3.8, 4) is 6.07 Å². The van der Waals surface area contributed by atoms with Gasteiger partial charge in [0, 0.05) is 33.4 Å². The van der Waals surface area contributed by atoms with Crippen molar-refractivity contribution >= 4 is 11.8 Å². The van der Waals surface area contributed by atoms with E-state index >= 15 is 0 Å². The third-order valence-corrected chi connectivity index (χ3v) is 2.45. The lowest BCUT2D eigenvalue weighted by Crippen LogP contribution is -2.29. The molecule has 0 spiro atoms. The average molecular weight is 233 g/mol. The highest BCUT2D eigenvalue weighted by Gasteiger charge is 2.11. The molecule has 1 atom stereocenters. The molecule has 0 N–H and O–H groups in total. The second-order valence-corrected chi connectivity index (χ2v) is 4.18. The fraction of sp³-hybridized carbons (Fsp3) is 0.583. The molecule has 5 heteroatoms. The van der Waals surface area contributed by atoms with E-state index in [-0.39, 0.29) is 5.92 Å². The highest BCUT2D eigenvalue weighted by Crippen LogP contribution is 2.14. The topological polar surface area (TPSA) is 56.1 Å². The first-order valence-corrected chi connectivity index (χ1v) is 5.73. The average Bonchev–Trinajstić information content (AvgIpc) is 2.35. The van der Waals surface area contributed by atoms with Gasteiger partial charge in [-0.05, 0) is 19.9 Å². The van der Waals surface area contributed by atoms with Crippen LogP contribution < -0.4 is 9.80 Å². The smallest absolute Gasteiger partial charge is 0.226 e. The molecule has 0 aliphatic heterocycles. The Kier molecular flexibility index (Phi) is 4.70. The maximum Gasteiger partial charge on any atom is 0.226 e. The molecule has 5 nitrogen and oxygen atoms in total. The van der Waals surface area contributed by atoms with Gasteiger partial charge in [0.15, 0.2) is 0 Å². The van der Waals surface area contributed by atoms with Gasteiger partial charge in [0.05, 0.1) is 12.0 Å². The van der Waals surface area contributed by atoms with E-state index in [0.717, 1.165) is 12.4 Å². The van der Waals surface area contributed by atoms with Crippen LogP contribution in [0.1, 0.15) is 13.8 Å². The Morgan fingerprint density at radius 3 is 2.71 bits per heavy atom. The molecule has 0 aliphatic rings. The van der Waals surface area contributed by atoms with Gasteiger partial charge in [0.1, 0.15) is 5.82 Å². The lowest BCUT2D eigenvalue weighted by molar-refractivity contribution is 0.678. The molecule has 1 heterocycles. The number of nitriles is 1. The molecule has 0 aromatic carbocycles. The summed E-state index contributed by atoms with van der Waals surface area (Å²) in [5, 5.41) is 8.85. The Bertz CT molecular complexity index is 396. The zero-order chi connectivity index (χ0) is 12.8. The third kappa shape index (κ3) is 3.59. The molecule has 0 saturated heterocycles. The van der Waals surface area contributed by atoms with Crippen molar-refractivity contribution < 1.29 is 0 Å². The fourth-order valence-electron chi connectivity index (χ4n) is 1.49. The van der Waals surface area contributed by atoms with Crippen LogP contribution in [-0.2, 0) is 0 Å². The molecule has 0 aliphatic carbocycles. The van der Waals surface area contributed by atoms with Crippen molar-refractivity contribution in [3.63, 3.8) is 0 Å². The molecular weight excluding hydrogens is 214 g/mol. The van der Waals surface area contributed by atoms with Crippen molar-refractivity contribution in [2.24, 2.45) is 5.92 Å². The van der Waals surface area contributed by atoms with Gasteiger partial charge in [-0.25, -0.2) is 4.98 Å². The molecule has 0 bridgehead atoms. The van der Waals surface area contributed by atoms with Gasteiger partial charge in [-0.1, -0.05) is 0 Å². The number of hydrogen-bond donors (Lipinski definition) is 0. The zero-order valence-corrected chi connectivity index (χ0v) is 10.9. The van der Waals surface area contributed by atoms with E-state index in [0.29, 0.717) is 12.5 Å². The Balaban J connectivity index is 2.88. The minimum atomic E-state index is -0.00674. The van der Waals surface area contributed by atoms with Crippen LogP contribution in [0, 0.1) is 17.2 Å². The van der Waals surface area contributed by atoms with Crippen molar-refractivity contribution in [2.75, 3.05) is 37.0 Å². The molecule has 0 saturated carbocycles. The molecule has 1 aromatic rings. The molecule has 0 amide bonds. The normalized spacial score (nSPS) is 11.7. The predicted molar refractivity (Wildman–Crippen MR) is 69.0 cm³/mol. The van der Waals surface area contributed by atoms with E-state index in [2.05, 4.69) is 27.9 Å². The molecular formula is C12H19N5. The van der Waals surface area contributed by atoms with Crippen LogP contribution in [0.25, 0.3) is 0 Å². The molecule has 1 unspecified atom stereocenters. The Hall–Kier alpha value is -1.83. The first-order chi connectivity index (χ1) is 8.08. The zero-order valence-electron chi connectivity index (χ0n) is 10.9. The summed E-state index contributed by atoms with van der Waals surface area (Å²) in [4.78, 5) is 12.6. The van der Waals surface area contributed by atoms with Crippen LogP contribution in [0.3, 0.4) is 0 Å². The van der Waals surface area contributed by atoms with E-state index in [4.69, 9.17) is 5.26 Å². The summed E-state index contributed by atoms with van der Waals surface area (Å²) in [6.07, 6.45) is 1.75.